The predicted molar refractivity (Wildman–Crippen MR) is 55.0 cm³/mol. The van der Waals surface area contributed by atoms with E-state index in [-0.39, 0.29) is 0 Å². The molecule has 0 atom stereocenters. The first-order valence-electron chi connectivity index (χ1n) is 3.64. The van der Waals surface area contributed by atoms with Crippen molar-refractivity contribution in [1.82, 2.24) is 0 Å². The Bertz CT molecular complexity index is 280. The maximum Gasteiger partial charge on any atom is 0.0494 e. The molecule has 0 aliphatic rings. The summed E-state index contributed by atoms with van der Waals surface area (Å²) in [7, 11) is 0. The van der Waals surface area contributed by atoms with Crippen LogP contribution in [0, 0.1) is 0 Å². The Labute approximate surface area is 76.8 Å². The van der Waals surface area contributed by atoms with Crippen molar-refractivity contribution in [3.8, 4) is 0 Å². The van der Waals surface area contributed by atoms with Crippen molar-refractivity contribution >= 4 is 17.6 Å². The van der Waals surface area contributed by atoms with Crippen LogP contribution < -0.4 is 10.9 Å². The number of hydrogen-bond acceptors (Lipinski definition) is 3. The molecule has 64 valence electrons. The summed E-state index contributed by atoms with van der Waals surface area (Å²) < 4.78 is 0. The van der Waals surface area contributed by atoms with Crippen molar-refractivity contribution < 1.29 is 0 Å². The molecule has 0 fully saturated rings. The second kappa shape index (κ2) is 4.18. The van der Waals surface area contributed by atoms with Gasteiger partial charge in [-0.25, -0.2) is 0 Å². The van der Waals surface area contributed by atoms with E-state index in [9.17, 15) is 0 Å². The van der Waals surface area contributed by atoms with Crippen molar-refractivity contribution in [3.63, 3.8) is 0 Å². The van der Waals surface area contributed by atoms with Crippen LogP contribution >= 0.6 is 11.9 Å². The van der Waals surface area contributed by atoms with Crippen LogP contribution in [0.3, 0.4) is 0 Å². The first-order valence-corrected chi connectivity index (χ1v) is 4.52. The smallest absolute Gasteiger partial charge is 0.0494 e. The average molecular weight is 180 g/mol. The zero-order valence-corrected chi connectivity index (χ0v) is 7.77. The summed E-state index contributed by atoms with van der Waals surface area (Å²) in [6.45, 7) is 1.91. The highest BCUT2D eigenvalue weighted by Gasteiger charge is 1.98. The van der Waals surface area contributed by atoms with Crippen LogP contribution in [-0.2, 0) is 0 Å². The zero-order chi connectivity index (χ0) is 8.97. The molecule has 0 aliphatic heterocycles. The van der Waals surface area contributed by atoms with Crippen LogP contribution in [-0.4, -0.2) is 0 Å². The molecule has 3 heteroatoms. The first-order chi connectivity index (χ1) is 5.75. The maximum absolute atomic E-state index is 5.83. The molecule has 0 spiro atoms. The predicted octanol–water partition coefficient (Wildman–Crippen LogP) is 1.94. The van der Waals surface area contributed by atoms with E-state index in [0.717, 1.165) is 16.2 Å². The van der Waals surface area contributed by atoms with Crippen molar-refractivity contribution in [3.05, 3.63) is 40.8 Å². The molecule has 0 heterocycles. The van der Waals surface area contributed by atoms with Gasteiger partial charge in [-0.05, 0) is 12.5 Å². The lowest BCUT2D eigenvalue weighted by molar-refractivity contribution is 1.47. The van der Waals surface area contributed by atoms with Gasteiger partial charge in [-0.2, -0.15) is 0 Å². The minimum absolute atomic E-state index is 0.753. The van der Waals surface area contributed by atoms with Crippen LogP contribution in [0.5, 0.6) is 0 Å². The van der Waals surface area contributed by atoms with E-state index < -0.39 is 0 Å². The summed E-state index contributed by atoms with van der Waals surface area (Å²) in [6, 6.07) is 9.80. The summed E-state index contributed by atoms with van der Waals surface area (Å²) in [6.07, 6.45) is 0. The third kappa shape index (κ3) is 2.03. The Morgan fingerprint density at radius 2 is 1.83 bits per heavy atom. The topological polar surface area (TPSA) is 52.0 Å². The van der Waals surface area contributed by atoms with Crippen molar-refractivity contribution in [2.45, 2.75) is 6.92 Å². The van der Waals surface area contributed by atoms with Crippen LogP contribution in [0.25, 0.3) is 5.70 Å². The fourth-order valence-corrected chi connectivity index (χ4v) is 1.13. The Morgan fingerprint density at radius 3 is 2.33 bits per heavy atom. The first kappa shape index (κ1) is 9.16. The van der Waals surface area contributed by atoms with Crippen LogP contribution in [0.1, 0.15) is 12.5 Å². The third-order valence-corrected chi connectivity index (χ3v) is 2.21. The summed E-state index contributed by atoms with van der Waals surface area (Å²) >= 11 is 1.18. The molecule has 2 nitrogen and oxygen atoms in total. The maximum atomic E-state index is 5.83. The Kier molecular flexibility index (Phi) is 3.19. The summed E-state index contributed by atoms with van der Waals surface area (Å²) in [5, 5.41) is 5.39. The molecule has 1 aromatic rings. The Morgan fingerprint density at radius 1 is 1.25 bits per heavy atom. The van der Waals surface area contributed by atoms with E-state index in [4.69, 9.17) is 10.9 Å². The largest absolute Gasteiger partial charge is 0.398 e. The minimum Gasteiger partial charge on any atom is -0.398 e. The lowest BCUT2D eigenvalue weighted by atomic mass is 10.1. The van der Waals surface area contributed by atoms with Gasteiger partial charge in [0.1, 0.15) is 0 Å². The normalized spacial score (nSPS) is 12.5. The summed E-state index contributed by atoms with van der Waals surface area (Å²) in [5.41, 5.74) is 7.60. The lowest BCUT2D eigenvalue weighted by Gasteiger charge is -2.03. The fourth-order valence-electron chi connectivity index (χ4n) is 0.884. The molecule has 0 saturated heterocycles. The van der Waals surface area contributed by atoms with E-state index in [0.29, 0.717) is 0 Å². The molecule has 0 aliphatic carbocycles. The average Bonchev–Trinajstić information content (AvgIpc) is 2.17. The molecule has 0 bridgehead atoms. The van der Waals surface area contributed by atoms with Crippen LogP contribution in [0.15, 0.2) is 35.2 Å². The number of allylic oxidation sites excluding steroid dienone is 1. The molecule has 1 rings (SSSR count). The van der Waals surface area contributed by atoms with Gasteiger partial charge in [0.15, 0.2) is 0 Å². The van der Waals surface area contributed by atoms with Gasteiger partial charge in [-0.15, -0.1) is 0 Å². The molecule has 12 heavy (non-hydrogen) atoms. The molecule has 0 amide bonds. The van der Waals surface area contributed by atoms with E-state index in [1.165, 1.54) is 11.9 Å². The van der Waals surface area contributed by atoms with Gasteiger partial charge < -0.3 is 5.73 Å². The number of hydrogen-bond donors (Lipinski definition) is 2. The number of nitrogens with two attached hydrogens (primary N) is 2. The number of rotatable bonds is 2. The van der Waals surface area contributed by atoms with Gasteiger partial charge in [0.25, 0.3) is 0 Å². The standard InChI is InChI=1S/C9H12N2S/c1-7(12-11)9(10)8-5-3-2-4-6-8/h2-6H,10-11H2,1H3/b9-7-. The van der Waals surface area contributed by atoms with Gasteiger partial charge in [0, 0.05) is 10.6 Å². The van der Waals surface area contributed by atoms with E-state index in [2.05, 4.69) is 0 Å². The summed E-state index contributed by atoms with van der Waals surface area (Å²) in [4.78, 5) is 0.946. The molecule has 1 aromatic carbocycles. The van der Waals surface area contributed by atoms with Gasteiger partial charge in [-0.1, -0.05) is 42.3 Å². The van der Waals surface area contributed by atoms with Gasteiger partial charge in [0.05, 0.1) is 0 Å². The quantitative estimate of drug-likeness (QED) is 0.684. The SMILES string of the molecule is C/C(SN)=C(/N)c1ccccc1. The van der Waals surface area contributed by atoms with Gasteiger partial charge in [0.2, 0.25) is 0 Å². The monoisotopic (exact) mass is 180 g/mol. The highest BCUT2D eigenvalue weighted by atomic mass is 32.2. The van der Waals surface area contributed by atoms with E-state index in [1.54, 1.807) is 0 Å². The molecule has 4 N–H and O–H groups in total. The Balaban J connectivity index is 3.00. The molecule has 0 aromatic heterocycles. The van der Waals surface area contributed by atoms with Crippen LogP contribution in [0.4, 0.5) is 0 Å². The highest BCUT2D eigenvalue weighted by molar-refractivity contribution is 8.01. The zero-order valence-electron chi connectivity index (χ0n) is 6.95. The van der Waals surface area contributed by atoms with E-state index in [1.807, 2.05) is 37.3 Å². The fraction of sp³-hybridized carbons (Fsp3) is 0.111. The van der Waals surface area contributed by atoms with Gasteiger partial charge in [-0.3, -0.25) is 5.14 Å². The van der Waals surface area contributed by atoms with Crippen molar-refractivity contribution in [2.75, 3.05) is 0 Å². The summed E-state index contributed by atoms with van der Waals surface area (Å²) in [5.74, 6) is 0. The molecular formula is C9H12N2S. The number of benzene rings is 1. The second-order valence-electron chi connectivity index (χ2n) is 2.45. The molecule has 0 saturated carbocycles. The van der Waals surface area contributed by atoms with Crippen molar-refractivity contribution in [1.29, 1.82) is 0 Å². The van der Waals surface area contributed by atoms with Gasteiger partial charge >= 0.3 is 0 Å². The lowest BCUT2D eigenvalue weighted by Crippen LogP contribution is -1.99. The highest BCUT2D eigenvalue weighted by Crippen LogP contribution is 2.17. The minimum atomic E-state index is 0.753. The molecule has 0 unspecified atom stereocenters. The third-order valence-electron chi connectivity index (χ3n) is 1.64. The second-order valence-corrected chi connectivity index (χ2v) is 3.30. The Hall–Kier alpha value is -0.930. The molecule has 0 radical (unpaired) electrons. The van der Waals surface area contributed by atoms with Crippen LogP contribution in [0.2, 0.25) is 0 Å². The van der Waals surface area contributed by atoms with Crippen molar-refractivity contribution in [2.24, 2.45) is 10.9 Å². The molecular weight excluding hydrogens is 168 g/mol. The van der Waals surface area contributed by atoms with E-state index >= 15 is 0 Å².